The Balaban J connectivity index is 1.01. The third-order valence-corrected chi connectivity index (χ3v) is 14.2. The van der Waals surface area contributed by atoms with E-state index in [-0.39, 0.29) is 34.7 Å². The predicted octanol–water partition coefficient (Wildman–Crippen LogP) is 1.27. The smallest absolute Gasteiger partial charge is 0.331 e. The first kappa shape index (κ1) is 34.3. The van der Waals surface area contributed by atoms with Crippen molar-refractivity contribution in [3.05, 3.63) is 11.6 Å². The van der Waals surface area contributed by atoms with Crippen molar-refractivity contribution in [2.24, 2.45) is 40.2 Å². The Kier molecular flexibility index (Phi) is 8.93. The lowest BCUT2D eigenvalue weighted by Gasteiger charge is -2.64. The third-order valence-electron chi connectivity index (χ3n) is 14.2. The highest BCUT2D eigenvalue weighted by Gasteiger charge is 2.68. The summed E-state index contributed by atoms with van der Waals surface area (Å²) < 4.78 is 29.4. The highest BCUT2D eigenvalue weighted by molar-refractivity contribution is 5.85. The van der Waals surface area contributed by atoms with Crippen LogP contribution in [0.25, 0.3) is 0 Å². The van der Waals surface area contributed by atoms with Gasteiger partial charge in [0.1, 0.15) is 37.1 Å². The van der Waals surface area contributed by atoms with Crippen LogP contribution in [-0.2, 0) is 28.5 Å². The van der Waals surface area contributed by atoms with Gasteiger partial charge in [-0.25, -0.2) is 4.79 Å². The second-order valence-corrected chi connectivity index (χ2v) is 16.4. The van der Waals surface area contributed by atoms with Crippen molar-refractivity contribution >= 4 is 5.97 Å². The summed E-state index contributed by atoms with van der Waals surface area (Å²) in [6, 6.07) is -0.749. The van der Waals surface area contributed by atoms with Crippen molar-refractivity contribution in [1.29, 1.82) is 0 Å². The van der Waals surface area contributed by atoms with E-state index in [0.717, 1.165) is 63.4 Å². The maximum absolute atomic E-state index is 12.5. The Morgan fingerprint density at radius 3 is 2.28 bits per heavy atom. The molecule has 0 amide bonds. The lowest BCUT2D eigenvalue weighted by molar-refractivity contribution is -0.345. The molecule has 7 unspecified atom stereocenters. The number of hydrogen-bond donors (Lipinski definition) is 6. The molecule has 12 nitrogen and oxygen atoms in total. The summed E-state index contributed by atoms with van der Waals surface area (Å²) >= 11 is 0. The SMILES string of the molecule is CC1O[C@@H](O[C@H]2CCC3(C)C4CCC5(C)[C@@H](C6=CC(=O)OC6)CC[C@]5(O)[C@@H]4CC[C@@H]3C2)[C@@H](O)C(O[C@@H]2OC(C)[C@H](O)C(O)[C@@H]2O)[C@H]1N. The zero-order chi connectivity index (χ0) is 33.6. The van der Waals surface area contributed by atoms with Gasteiger partial charge < -0.3 is 55.0 Å². The minimum absolute atomic E-state index is 0.0630. The van der Waals surface area contributed by atoms with Gasteiger partial charge in [-0.2, -0.15) is 0 Å². The summed E-state index contributed by atoms with van der Waals surface area (Å²) in [5, 5.41) is 54.7. The van der Waals surface area contributed by atoms with Crippen LogP contribution in [-0.4, -0.2) is 111 Å². The summed E-state index contributed by atoms with van der Waals surface area (Å²) in [7, 11) is 0. The standard InChI is InChI=1S/C35H55NO11/c1-16-25(36)30(47-31-28(40)27(39)26(38)17(2)45-31)29(41)32(44-16)46-20-7-10-33(3)19(14-20)5-6-23-22(33)8-11-34(4)21(9-12-35(23,34)42)18-13-24(37)43-15-18/h13,16-17,19-23,25-32,38-42H,5-12,14-15,36H2,1-4H3/t16?,17?,19-,20+,21-,22?,23-,25+,26+,27?,28+,29+,30?,31+,32+,33?,34?,35+/m1/s1. The maximum atomic E-state index is 12.5. The fourth-order valence-electron chi connectivity index (χ4n) is 11.3. The van der Waals surface area contributed by atoms with Crippen LogP contribution < -0.4 is 5.73 Å². The van der Waals surface area contributed by atoms with Gasteiger partial charge in [0.25, 0.3) is 0 Å². The van der Waals surface area contributed by atoms with Crippen molar-refractivity contribution in [1.82, 2.24) is 0 Å². The molecule has 18 atom stereocenters. The van der Waals surface area contributed by atoms with E-state index >= 15 is 0 Å². The van der Waals surface area contributed by atoms with E-state index in [0.29, 0.717) is 18.4 Å². The molecule has 47 heavy (non-hydrogen) atoms. The van der Waals surface area contributed by atoms with Crippen molar-refractivity contribution in [3.63, 3.8) is 0 Å². The lowest BCUT2D eigenvalue weighted by Crippen LogP contribution is -2.65. The van der Waals surface area contributed by atoms with Gasteiger partial charge in [0.15, 0.2) is 12.6 Å². The number of esters is 1. The van der Waals surface area contributed by atoms with Gasteiger partial charge in [0.2, 0.25) is 0 Å². The first-order chi connectivity index (χ1) is 22.2. The van der Waals surface area contributed by atoms with E-state index in [2.05, 4.69) is 13.8 Å². The number of rotatable bonds is 5. The fraction of sp³-hybridized carbons (Fsp3) is 0.914. The lowest BCUT2D eigenvalue weighted by atomic mass is 9.43. The minimum atomic E-state index is -1.52. The molecule has 7 aliphatic rings. The number of hydrogen-bond acceptors (Lipinski definition) is 12. The summed E-state index contributed by atoms with van der Waals surface area (Å²) in [6.45, 7) is 8.36. The average Bonchev–Trinajstić information content (AvgIpc) is 3.58. The van der Waals surface area contributed by atoms with Crippen LogP contribution in [0.5, 0.6) is 0 Å². The van der Waals surface area contributed by atoms with Crippen LogP contribution >= 0.6 is 0 Å². The maximum Gasteiger partial charge on any atom is 0.331 e. The van der Waals surface area contributed by atoms with E-state index < -0.39 is 67.0 Å². The number of aliphatic hydroxyl groups is 5. The van der Waals surface area contributed by atoms with Gasteiger partial charge >= 0.3 is 5.97 Å². The molecular formula is C35H55NO11. The van der Waals surface area contributed by atoms with Gasteiger partial charge in [-0.15, -0.1) is 0 Å². The number of fused-ring (bicyclic) bond motifs is 5. The second kappa shape index (κ2) is 12.2. The van der Waals surface area contributed by atoms with Gasteiger partial charge in [-0.3, -0.25) is 0 Å². The molecule has 3 aliphatic heterocycles. The van der Waals surface area contributed by atoms with Crippen molar-refractivity contribution in [3.8, 4) is 0 Å². The number of cyclic esters (lactones) is 1. The number of carbonyl (C=O) groups is 1. The Bertz CT molecular complexity index is 1230. The number of carbonyl (C=O) groups excluding carboxylic acids is 1. The summed E-state index contributed by atoms with van der Waals surface area (Å²) in [4.78, 5) is 11.9. The monoisotopic (exact) mass is 665 g/mol. The van der Waals surface area contributed by atoms with E-state index in [1.807, 2.05) is 0 Å². The van der Waals surface area contributed by atoms with Crippen molar-refractivity contribution in [2.45, 2.75) is 159 Å². The third kappa shape index (κ3) is 5.36. The molecule has 0 bridgehead atoms. The first-order valence-corrected chi connectivity index (χ1v) is 17.9. The number of aliphatic hydroxyl groups excluding tert-OH is 4. The molecule has 7 N–H and O–H groups in total. The Morgan fingerprint density at radius 1 is 0.830 bits per heavy atom. The molecule has 4 saturated carbocycles. The normalized spacial score (nSPS) is 56.3. The summed E-state index contributed by atoms with van der Waals surface area (Å²) in [6.07, 6.45) is -0.454. The van der Waals surface area contributed by atoms with E-state index in [4.69, 9.17) is 29.4 Å². The molecule has 12 heteroatoms. The van der Waals surface area contributed by atoms with Gasteiger partial charge in [0, 0.05) is 11.5 Å². The van der Waals surface area contributed by atoms with Gasteiger partial charge in [-0.05, 0) is 106 Å². The molecule has 0 aromatic heterocycles. The van der Waals surface area contributed by atoms with Crippen LogP contribution in [0.15, 0.2) is 11.6 Å². The highest BCUT2D eigenvalue weighted by atomic mass is 16.7. The average molecular weight is 666 g/mol. The van der Waals surface area contributed by atoms with Crippen LogP contribution in [0.2, 0.25) is 0 Å². The molecule has 4 aliphatic carbocycles. The number of nitrogens with two attached hydrogens (primary N) is 1. The van der Waals surface area contributed by atoms with Crippen molar-refractivity contribution < 1.29 is 54.0 Å². The van der Waals surface area contributed by atoms with E-state index in [1.165, 1.54) is 0 Å². The molecule has 3 heterocycles. The zero-order valence-electron chi connectivity index (χ0n) is 28.1. The van der Waals surface area contributed by atoms with Crippen LogP contribution in [0.1, 0.15) is 85.5 Å². The summed E-state index contributed by atoms with van der Waals surface area (Å²) in [5.41, 5.74) is 6.46. The number of ether oxygens (including phenoxy) is 5. The van der Waals surface area contributed by atoms with Crippen molar-refractivity contribution in [2.75, 3.05) is 6.61 Å². The Morgan fingerprint density at radius 2 is 1.55 bits per heavy atom. The molecule has 7 rings (SSSR count). The Hall–Kier alpha value is -1.19. The predicted molar refractivity (Wildman–Crippen MR) is 166 cm³/mol. The molecule has 0 spiro atoms. The minimum Gasteiger partial charge on any atom is -0.458 e. The second-order valence-electron chi connectivity index (χ2n) is 16.4. The molecule has 266 valence electrons. The first-order valence-electron chi connectivity index (χ1n) is 17.9. The quantitative estimate of drug-likeness (QED) is 0.183. The van der Waals surface area contributed by atoms with Crippen LogP contribution in [0, 0.1) is 34.5 Å². The Labute approximate surface area is 276 Å². The van der Waals surface area contributed by atoms with Gasteiger partial charge in [0.05, 0.1) is 30.0 Å². The zero-order valence-corrected chi connectivity index (χ0v) is 28.1. The van der Waals surface area contributed by atoms with E-state index in [9.17, 15) is 30.3 Å². The van der Waals surface area contributed by atoms with E-state index in [1.54, 1.807) is 19.9 Å². The molecule has 2 saturated heterocycles. The largest absolute Gasteiger partial charge is 0.458 e. The molecule has 6 fully saturated rings. The summed E-state index contributed by atoms with van der Waals surface area (Å²) in [5.74, 6) is 0.933. The van der Waals surface area contributed by atoms with Gasteiger partial charge in [-0.1, -0.05) is 13.8 Å². The molecule has 0 radical (unpaired) electrons. The highest BCUT2D eigenvalue weighted by Crippen LogP contribution is 2.70. The molecule has 0 aromatic carbocycles. The fourth-order valence-corrected chi connectivity index (χ4v) is 11.3. The topological polar surface area (TPSA) is 190 Å². The van der Waals surface area contributed by atoms with Crippen LogP contribution in [0.4, 0.5) is 0 Å². The molecule has 0 aromatic rings. The van der Waals surface area contributed by atoms with Crippen LogP contribution in [0.3, 0.4) is 0 Å². The molecular weight excluding hydrogens is 610 g/mol.